The molecule has 2 atom stereocenters. The first kappa shape index (κ1) is 7.80. The summed E-state index contributed by atoms with van der Waals surface area (Å²) in [6.45, 7) is 4.19. The van der Waals surface area contributed by atoms with Gasteiger partial charge in [0.2, 0.25) is 0 Å². The molecule has 0 saturated carbocycles. The Morgan fingerprint density at radius 1 is 1.55 bits per heavy atom. The predicted octanol–water partition coefficient (Wildman–Crippen LogP) is 1.14. The first-order valence-corrected chi connectivity index (χ1v) is 3.60. The molecule has 0 spiro atoms. The molecule has 0 aromatic carbocycles. The summed E-state index contributed by atoms with van der Waals surface area (Å²) in [5.74, 6) is 0. The highest BCUT2D eigenvalue weighted by atomic mass is 15.3. The molecule has 3 heteroatoms. The summed E-state index contributed by atoms with van der Waals surface area (Å²) in [6, 6.07) is 2.99. The molecule has 1 aliphatic rings. The number of rotatable bonds is 2. The number of nitrogens with one attached hydrogen (secondary N) is 1. The third-order valence-electron chi connectivity index (χ3n) is 2.12. The molecule has 1 unspecified atom stereocenters. The average Bonchev–Trinajstić information content (AvgIpc) is 2.57. The lowest BCUT2D eigenvalue weighted by atomic mass is 10.3. The Morgan fingerprint density at radius 2 is 2.09 bits per heavy atom. The highest BCUT2D eigenvalue weighted by molar-refractivity contribution is 5.81. The van der Waals surface area contributed by atoms with Crippen LogP contribution < -0.4 is 0 Å². The van der Waals surface area contributed by atoms with Crippen LogP contribution in [0.25, 0.3) is 0 Å². The Morgan fingerprint density at radius 3 is 2.36 bits per heavy atom. The SMILES string of the molecule is CC1[C@H](C)N1/C=C(/C#N)C=N. The van der Waals surface area contributed by atoms with Crippen LogP contribution in [0.3, 0.4) is 0 Å². The summed E-state index contributed by atoms with van der Waals surface area (Å²) in [6.07, 6.45) is 2.82. The largest absolute Gasteiger partial charge is 0.367 e. The normalized spacial score (nSPS) is 29.5. The van der Waals surface area contributed by atoms with Crippen molar-refractivity contribution in [2.45, 2.75) is 25.9 Å². The lowest BCUT2D eigenvalue weighted by Gasteiger charge is -1.92. The number of hydrogen-bond acceptors (Lipinski definition) is 3. The molecule has 1 fully saturated rings. The molecule has 11 heavy (non-hydrogen) atoms. The summed E-state index contributed by atoms with van der Waals surface area (Å²) in [4.78, 5) is 2.06. The van der Waals surface area contributed by atoms with Gasteiger partial charge < -0.3 is 10.3 Å². The van der Waals surface area contributed by atoms with Crippen LogP contribution in [0, 0.1) is 16.7 Å². The summed E-state index contributed by atoms with van der Waals surface area (Å²) in [5, 5.41) is 15.3. The number of hydrogen-bond donors (Lipinski definition) is 1. The maximum absolute atomic E-state index is 8.48. The lowest BCUT2D eigenvalue weighted by molar-refractivity contribution is 0.666. The van der Waals surface area contributed by atoms with Crippen molar-refractivity contribution >= 4 is 6.21 Å². The second-order valence-corrected chi connectivity index (χ2v) is 2.77. The van der Waals surface area contributed by atoms with Crippen molar-refractivity contribution in [1.29, 1.82) is 10.7 Å². The van der Waals surface area contributed by atoms with Crippen molar-refractivity contribution in [3.05, 3.63) is 11.8 Å². The molecule has 0 aromatic rings. The van der Waals surface area contributed by atoms with Gasteiger partial charge in [-0.25, -0.2) is 0 Å². The Hall–Kier alpha value is -1.30. The standard InChI is InChI=1S/C8H11N3/c1-6-7(2)11(6)5-8(3-9)4-10/h3,5-7,9H,1-2H3/b8-5+,9-3?/t6-,7?,11?/m0/s1. The van der Waals surface area contributed by atoms with Gasteiger partial charge in [0.25, 0.3) is 0 Å². The average molecular weight is 149 g/mol. The zero-order chi connectivity index (χ0) is 8.43. The molecule has 1 saturated heterocycles. The molecule has 0 aromatic heterocycles. The number of nitriles is 1. The van der Waals surface area contributed by atoms with Gasteiger partial charge in [0, 0.05) is 24.5 Å². The molecule has 1 aliphatic heterocycles. The highest BCUT2D eigenvalue weighted by Crippen LogP contribution is 2.27. The van der Waals surface area contributed by atoms with Crippen LogP contribution in [0.5, 0.6) is 0 Å². The minimum absolute atomic E-state index is 0.418. The summed E-state index contributed by atoms with van der Waals surface area (Å²) in [5.41, 5.74) is 0.418. The van der Waals surface area contributed by atoms with Gasteiger partial charge in [0.05, 0.1) is 5.57 Å². The molecule has 1 heterocycles. The Kier molecular flexibility index (Phi) is 1.95. The second-order valence-electron chi connectivity index (χ2n) is 2.77. The zero-order valence-electron chi connectivity index (χ0n) is 6.70. The maximum atomic E-state index is 8.48. The van der Waals surface area contributed by atoms with E-state index in [1.54, 1.807) is 6.20 Å². The Bertz CT molecular complexity index is 228. The highest BCUT2D eigenvalue weighted by Gasteiger charge is 2.37. The third kappa shape index (κ3) is 1.40. The minimum Gasteiger partial charge on any atom is -0.367 e. The predicted molar refractivity (Wildman–Crippen MR) is 43.2 cm³/mol. The van der Waals surface area contributed by atoms with E-state index in [-0.39, 0.29) is 0 Å². The Balaban J connectivity index is 2.60. The molecular weight excluding hydrogens is 138 g/mol. The van der Waals surface area contributed by atoms with Gasteiger partial charge in [-0.2, -0.15) is 5.26 Å². The van der Waals surface area contributed by atoms with E-state index in [2.05, 4.69) is 18.7 Å². The van der Waals surface area contributed by atoms with Gasteiger partial charge in [-0.15, -0.1) is 0 Å². The van der Waals surface area contributed by atoms with Crippen molar-refractivity contribution in [3.8, 4) is 6.07 Å². The molecule has 3 nitrogen and oxygen atoms in total. The second kappa shape index (κ2) is 2.75. The van der Waals surface area contributed by atoms with E-state index in [1.165, 1.54) is 0 Å². The van der Waals surface area contributed by atoms with Crippen LogP contribution in [0.4, 0.5) is 0 Å². The van der Waals surface area contributed by atoms with Crippen molar-refractivity contribution in [2.24, 2.45) is 0 Å². The molecule has 0 amide bonds. The van der Waals surface area contributed by atoms with E-state index >= 15 is 0 Å². The van der Waals surface area contributed by atoms with Gasteiger partial charge in [-0.3, -0.25) is 0 Å². The van der Waals surface area contributed by atoms with Crippen LogP contribution >= 0.6 is 0 Å². The van der Waals surface area contributed by atoms with Gasteiger partial charge in [-0.05, 0) is 13.8 Å². The summed E-state index contributed by atoms with van der Waals surface area (Å²) < 4.78 is 0. The van der Waals surface area contributed by atoms with Crippen molar-refractivity contribution in [3.63, 3.8) is 0 Å². The number of nitrogens with zero attached hydrogens (tertiary/aromatic N) is 2. The first-order chi connectivity index (χ1) is 5.20. The summed E-state index contributed by atoms with van der Waals surface area (Å²) >= 11 is 0. The van der Waals surface area contributed by atoms with E-state index in [1.807, 2.05) is 6.07 Å². The molecule has 0 bridgehead atoms. The van der Waals surface area contributed by atoms with Crippen LogP contribution in [0.1, 0.15) is 13.8 Å². The first-order valence-electron chi connectivity index (χ1n) is 3.60. The van der Waals surface area contributed by atoms with E-state index in [0.717, 1.165) is 6.21 Å². The van der Waals surface area contributed by atoms with Gasteiger partial charge in [0.1, 0.15) is 6.07 Å². The molecule has 1 rings (SSSR count). The zero-order valence-corrected chi connectivity index (χ0v) is 6.70. The van der Waals surface area contributed by atoms with Crippen LogP contribution in [-0.2, 0) is 0 Å². The molecule has 0 aliphatic carbocycles. The van der Waals surface area contributed by atoms with Crippen LogP contribution in [0.15, 0.2) is 11.8 Å². The van der Waals surface area contributed by atoms with Crippen molar-refractivity contribution in [2.75, 3.05) is 0 Å². The van der Waals surface area contributed by atoms with Gasteiger partial charge >= 0.3 is 0 Å². The smallest absolute Gasteiger partial charge is 0.102 e. The number of allylic oxidation sites excluding steroid dienone is 1. The fourth-order valence-corrected chi connectivity index (χ4v) is 1.03. The lowest BCUT2D eigenvalue weighted by Crippen LogP contribution is -1.92. The quantitative estimate of drug-likeness (QED) is 0.363. The van der Waals surface area contributed by atoms with E-state index in [0.29, 0.717) is 17.7 Å². The topological polar surface area (TPSA) is 50.6 Å². The van der Waals surface area contributed by atoms with Crippen LogP contribution in [-0.4, -0.2) is 23.2 Å². The van der Waals surface area contributed by atoms with Gasteiger partial charge in [0.15, 0.2) is 0 Å². The minimum atomic E-state index is 0.418. The Labute approximate surface area is 66.4 Å². The fourth-order valence-electron chi connectivity index (χ4n) is 1.03. The molecular formula is C8H11N3. The van der Waals surface area contributed by atoms with E-state index in [9.17, 15) is 0 Å². The van der Waals surface area contributed by atoms with Crippen molar-refractivity contribution in [1.82, 2.24) is 4.90 Å². The van der Waals surface area contributed by atoms with Gasteiger partial charge in [-0.1, -0.05) is 0 Å². The third-order valence-corrected chi connectivity index (χ3v) is 2.12. The molecule has 1 N–H and O–H groups in total. The summed E-state index contributed by atoms with van der Waals surface area (Å²) in [7, 11) is 0. The molecule has 0 radical (unpaired) electrons. The van der Waals surface area contributed by atoms with E-state index in [4.69, 9.17) is 10.7 Å². The monoisotopic (exact) mass is 149 g/mol. The van der Waals surface area contributed by atoms with E-state index < -0.39 is 0 Å². The van der Waals surface area contributed by atoms with Crippen LogP contribution in [0.2, 0.25) is 0 Å². The maximum Gasteiger partial charge on any atom is 0.102 e. The van der Waals surface area contributed by atoms with Crippen molar-refractivity contribution < 1.29 is 0 Å². The fraction of sp³-hybridized carbons (Fsp3) is 0.500. The molecule has 58 valence electrons.